The van der Waals surface area contributed by atoms with Crippen LogP contribution in [0.4, 0.5) is 0 Å². The summed E-state index contributed by atoms with van der Waals surface area (Å²) >= 11 is 0. The van der Waals surface area contributed by atoms with Crippen LogP contribution in [-0.2, 0) is 7.05 Å². The number of rotatable bonds is 1. The number of allylic oxidation sites excluding steroid dienone is 1. The molecule has 1 aliphatic rings. The molecule has 0 aliphatic carbocycles. The smallest absolute Gasteiger partial charge is 0.0679 e. The quantitative estimate of drug-likeness (QED) is 0.811. The molecule has 0 saturated carbocycles. The second kappa shape index (κ2) is 3.91. The minimum absolute atomic E-state index is 0.737. The Kier molecular flexibility index (Phi) is 2.39. The molecule has 2 aromatic rings. The van der Waals surface area contributed by atoms with E-state index in [0.29, 0.717) is 0 Å². The zero-order chi connectivity index (χ0) is 11.8. The van der Waals surface area contributed by atoms with Crippen molar-refractivity contribution in [2.45, 2.75) is 13.3 Å². The lowest BCUT2D eigenvalue weighted by Crippen LogP contribution is -2.23. The van der Waals surface area contributed by atoms with E-state index >= 15 is 0 Å². The number of fused-ring (bicyclic) bond motifs is 1. The van der Waals surface area contributed by atoms with Crippen molar-refractivity contribution in [1.82, 2.24) is 15.1 Å². The van der Waals surface area contributed by atoms with E-state index in [-0.39, 0.29) is 0 Å². The standard InChI is InChI=1S/C14H17N3/c1-10-3-5-13(15-8-10)11-4-6-14-12(7-11)9-16-17(14)2/h4-7,9-10,15H,3,8H2,1-2H3. The van der Waals surface area contributed by atoms with Crippen LogP contribution < -0.4 is 5.32 Å². The summed E-state index contributed by atoms with van der Waals surface area (Å²) in [7, 11) is 1.97. The van der Waals surface area contributed by atoms with Crippen molar-refractivity contribution in [2.24, 2.45) is 13.0 Å². The van der Waals surface area contributed by atoms with Crippen molar-refractivity contribution in [3.8, 4) is 0 Å². The lowest BCUT2D eigenvalue weighted by Gasteiger charge is -2.21. The summed E-state index contributed by atoms with van der Waals surface area (Å²) in [5.74, 6) is 0.737. The van der Waals surface area contributed by atoms with Gasteiger partial charge in [0.2, 0.25) is 0 Å². The summed E-state index contributed by atoms with van der Waals surface area (Å²) in [6, 6.07) is 6.51. The van der Waals surface area contributed by atoms with Crippen molar-refractivity contribution in [3.05, 3.63) is 36.0 Å². The molecule has 1 aliphatic heterocycles. The van der Waals surface area contributed by atoms with Crippen molar-refractivity contribution >= 4 is 16.6 Å². The maximum Gasteiger partial charge on any atom is 0.0679 e. The molecule has 0 bridgehead atoms. The molecule has 0 saturated heterocycles. The Morgan fingerprint density at radius 2 is 2.29 bits per heavy atom. The van der Waals surface area contributed by atoms with E-state index in [9.17, 15) is 0 Å². The molecule has 0 spiro atoms. The highest BCUT2D eigenvalue weighted by atomic mass is 15.2. The van der Waals surface area contributed by atoms with Crippen LogP contribution in [-0.4, -0.2) is 16.3 Å². The van der Waals surface area contributed by atoms with E-state index in [2.05, 4.69) is 41.6 Å². The molecule has 2 heterocycles. The molecule has 1 unspecified atom stereocenters. The van der Waals surface area contributed by atoms with Gasteiger partial charge in [0.25, 0.3) is 0 Å². The van der Waals surface area contributed by atoms with Crippen LogP contribution in [0, 0.1) is 5.92 Å². The fourth-order valence-corrected chi connectivity index (χ4v) is 2.31. The van der Waals surface area contributed by atoms with Gasteiger partial charge in [-0.15, -0.1) is 0 Å². The van der Waals surface area contributed by atoms with Crippen LogP contribution in [0.5, 0.6) is 0 Å². The van der Waals surface area contributed by atoms with Crippen molar-refractivity contribution in [1.29, 1.82) is 0 Å². The number of hydrogen-bond acceptors (Lipinski definition) is 2. The van der Waals surface area contributed by atoms with E-state index in [1.807, 2.05) is 17.9 Å². The van der Waals surface area contributed by atoms with Crippen molar-refractivity contribution in [3.63, 3.8) is 0 Å². The van der Waals surface area contributed by atoms with Gasteiger partial charge in [-0.25, -0.2) is 0 Å². The summed E-state index contributed by atoms with van der Waals surface area (Å²) in [5.41, 5.74) is 3.70. The van der Waals surface area contributed by atoms with Gasteiger partial charge in [0.05, 0.1) is 11.7 Å². The molecule has 1 aromatic carbocycles. The highest BCUT2D eigenvalue weighted by Crippen LogP contribution is 2.22. The SMILES string of the molecule is CC1CC=C(c2ccc3c(cnn3C)c2)NC1. The highest BCUT2D eigenvalue weighted by molar-refractivity contribution is 5.83. The maximum atomic E-state index is 4.27. The summed E-state index contributed by atoms with van der Waals surface area (Å²) in [4.78, 5) is 0. The lowest BCUT2D eigenvalue weighted by atomic mass is 10.00. The largest absolute Gasteiger partial charge is 0.385 e. The molecule has 0 radical (unpaired) electrons. The first-order valence-corrected chi connectivity index (χ1v) is 6.10. The Hall–Kier alpha value is -1.77. The van der Waals surface area contributed by atoms with Crippen molar-refractivity contribution < 1.29 is 0 Å². The summed E-state index contributed by atoms with van der Waals surface area (Å²) < 4.78 is 1.91. The number of aromatic nitrogens is 2. The van der Waals surface area contributed by atoms with Gasteiger partial charge in [-0.3, -0.25) is 4.68 Å². The minimum atomic E-state index is 0.737. The number of hydrogen-bond donors (Lipinski definition) is 1. The molecule has 0 amide bonds. The molecule has 1 N–H and O–H groups in total. The zero-order valence-electron chi connectivity index (χ0n) is 10.3. The highest BCUT2D eigenvalue weighted by Gasteiger charge is 2.11. The Morgan fingerprint density at radius 1 is 1.41 bits per heavy atom. The fraction of sp³-hybridized carbons (Fsp3) is 0.357. The topological polar surface area (TPSA) is 29.9 Å². The first-order chi connectivity index (χ1) is 8.24. The average molecular weight is 227 g/mol. The van der Waals surface area contributed by atoms with Gasteiger partial charge in [0, 0.05) is 24.7 Å². The van der Waals surface area contributed by atoms with Crippen LogP contribution in [0.2, 0.25) is 0 Å². The molecule has 1 atom stereocenters. The predicted molar refractivity (Wildman–Crippen MR) is 70.5 cm³/mol. The average Bonchev–Trinajstić information content (AvgIpc) is 2.72. The monoisotopic (exact) mass is 227 g/mol. The third kappa shape index (κ3) is 1.82. The molecule has 3 nitrogen and oxygen atoms in total. The van der Waals surface area contributed by atoms with Gasteiger partial charge in [0.15, 0.2) is 0 Å². The Balaban J connectivity index is 2.01. The molecular formula is C14H17N3. The van der Waals surface area contributed by atoms with Gasteiger partial charge in [-0.2, -0.15) is 5.10 Å². The van der Waals surface area contributed by atoms with Gasteiger partial charge >= 0.3 is 0 Å². The normalized spacial score (nSPS) is 20.1. The molecule has 3 rings (SSSR count). The second-order valence-electron chi connectivity index (χ2n) is 4.88. The van der Waals surface area contributed by atoms with E-state index in [1.165, 1.54) is 22.2 Å². The van der Waals surface area contributed by atoms with Gasteiger partial charge in [-0.05, 0) is 30.0 Å². The Bertz CT molecular complexity index is 580. The summed E-state index contributed by atoms with van der Waals surface area (Å²) in [6.07, 6.45) is 5.38. The van der Waals surface area contributed by atoms with Crippen LogP contribution >= 0.6 is 0 Å². The van der Waals surface area contributed by atoms with Gasteiger partial charge < -0.3 is 5.32 Å². The van der Waals surface area contributed by atoms with Gasteiger partial charge in [0.1, 0.15) is 0 Å². The first-order valence-electron chi connectivity index (χ1n) is 6.10. The molecule has 1 aromatic heterocycles. The number of aryl methyl sites for hydroxylation is 1. The minimum Gasteiger partial charge on any atom is -0.385 e. The van der Waals surface area contributed by atoms with E-state index < -0.39 is 0 Å². The van der Waals surface area contributed by atoms with E-state index in [4.69, 9.17) is 0 Å². The molecular weight excluding hydrogens is 210 g/mol. The van der Waals surface area contributed by atoms with Crippen LogP contribution in [0.3, 0.4) is 0 Å². The number of nitrogens with one attached hydrogen (secondary N) is 1. The lowest BCUT2D eigenvalue weighted by molar-refractivity contribution is 0.550. The van der Waals surface area contributed by atoms with Crippen LogP contribution in [0.1, 0.15) is 18.9 Å². The molecule has 3 heteroatoms. The van der Waals surface area contributed by atoms with E-state index in [1.54, 1.807) is 0 Å². The van der Waals surface area contributed by atoms with Crippen molar-refractivity contribution in [2.75, 3.05) is 6.54 Å². The van der Waals surface area contributed by atoms with Crippen LogP contribution in [0.25, 0.3) is 16.6 Å². The first kappa shape index (κ1) is 10.4. The third-order valence-corrected chi connectivity index (χ3v) is 3.42. The molecule has 17 heavy (non-hydrogen) atoms. The predicted octanol–water partition coefficient (Wildman–Crippen LogP) is 2.54. The number of benzene rings is 1. The summed E-state index contributed by atoms with van der Waals surface area (Å²) in [5, 5.41) is 8.96. The Labute approximate surface area is 101 Å². The maximum absolute atomic E-state index is 4.27. The molecule has 88 valence electrons. The summed E-state index contributed by atoms with van der Waals surface area (Å²) in [6.45, 7) is 3.33. The third-order valence-electron chi connectivity index (χ3n) is 3.42. The fourth-order valence-electron chi connectivity index (χ4n) is 2.31. The second-order valence-corrected chi connectivity index (χ2v) is 4.88. The van der Waals surface area contributed by atoms with E-state index in [0.717, 1.165) is 18.9 Å². The molecule has 0 fully saturated rings. The zero-order valence-corrected chi connectivity index (χ0v) is 10.3. The number of nitrogens with zero attached hydrogens (tertiary/aromatic N) is 2. The van der Waals surface area contributed by atoms with Gasteiger partial charge in [-0.1, -0.05) is 19.1 Å². The Morgan fingerprint density at radius 3 is 3.06 bits per heavy atom. The van der Waals surface area contributed by atoms with Crippen LogP contribution in [0.15, 0.2) is 30.5 Å².